The van der Waals surface area contributed by atoms with Crippen molar-refractivity contribution in [2.75, 3.05) is 18.0 Å². The largest absolute Gasteiger partial charge is 0.390 e. The zero-order valence-electron chi connectivity index (χ0n) is 13.4. The van der Waals surface area contributed by atoms with Crippen molar-refractivity contribution in [2.24, 2.45) is 5.92 Å². The molecule has 118 valence electrons. The molecule has 21 heavy (non-hydrogen) atoms. The first-order valence-electron chi connectivity index (χ1n) is 7.59. The number of nitro benzene ring substituents is 1. The van der Waals surface area contributed by atoms with Crippen molar-refractivity contribution >= 4 is 11.4 Å². The minimum absolute atomic E-state index is 0.111. The number of nitro groups is 1. The zero-order chi connectivity index (χ0) is 16.0. The Labute approximate surface area is 126 Å². The molecule has 0 aliphatic carbocycles. The molecule has 1 aliphatic heterocycles. The molecule has 5 nitrogen and oxygen atoms in total. The number of nitrogens with zero attached hydrogens (tertiary/aromatic N) is 2. The monoisotopic (exact) mass is 294 g/mol. The highest BCUT2D eigenvalue weighted by molar-refractivity contribution is 5.51. The van der Waals surface area contributed by atoms with Gasteiger partial charge in [0.05, 0.1) is 10.5 Å². The Morgan fingerprint density at radius 1 is 1.29 bits per heavy atom. The van der Waals surface area contributed by atoms with E-state index in [1.54, 1.807) is 12.1 Å². The number of anilines is 1. The third-order valence-corrected chi connectivity index (χ3v) is 3.85. The minimum Gasteiger partial charge on any atom is -0.390 e. The Hall–Kier alpha value is -1.62. The topological polar surface area (TPSA) is 66.6 Å². The van der Waals surface area contributed by atoms with Gasteiger partial charge in [-0.05, 0) is 38.8 Å². The van der Waals surface area contributed by atoms with Crippen LogP contribution in [0.3, 0.4) is 0 Å². The molecule has 0 aromatic heterocycles. The lowest BCUT2D eigenvalue weighted by Crippen LogP contribution is -2.44. The first-order valence-corrected chi connectivity index (χ1v) is 7.59. The summed E-state index contributed by atoms with van der Waals surface area (Å²) in [6.45, 7) is 9.42. The van der Waals surface area contributed by atoms with Gasteiger partial charge < -0.3 is 10.0 Å². The van der Waals surface area contributed by atoms with Crippen molar-refractivity contribution in [1.29, 1.82) is 0 Å². The normalized spacial score (nSPS) is 18.7. The summed E-state index contributed by atoms with van der Waals surface area (Å²) in [5.74, 6) is 0.233. The van der Waals surface area contributed by atoms with E-state index in [1.165, 1.54) is 12.1 Å². The molecule has 1 saturated heterocycles. The molecule has 5 heteroatoms. The molecule has 0 amide bonds. The Morgan fingerprint density at radius 2 is 1.86 bits per heavy atom. The van der Waals surface area contributed by atoms with Gasteiger partial charge in [0, 0.05) is 36.8 Å². The maximum Gasteiger partial charge on any atom is 0.269 e. The van der Waals surface area contributed by atoms with Crippen molar-refractivity contribution in [3.8, 4) is 0 Å². The van der Waals surface area contributed by atoms with Gasteiger partial charge in [0.25, 0.3) is 5.69 Å². The Kier molecular flexibility index (Phi) is 6.15. The molecule has 1 fully saturated rings. The lowest BCUT2D eigenvalue weighted by molar-refractivity contribution is -0.384. The zero-order valence-corrected chi connectivity index (χ0v) is 13.4. The van der Waals surface area contributed by atoms with Gasteiger partial charge in [-0.1, -0.05) is 13.8 Å². The first kappa shape index (κ1) is 17.4. The second-order valence-electron chi connectivity index (χ2n) is 5.71. The van der Waals surface area contributed by atoms with E-state index >= 15 is 0 Å². The summed E-state index contributed by atoms with van der Waals surface area (Å²) < 4.78 is 0. The molecule has 1 N–H and O–H groups in total. The molecule has 1 aromatic rings. The molecule has 1 aromatic carbocycles. The number of rotatable bonds is 3. The fraction of sp³-hybridized carbons (Fsp3) is 0.625. The van der Waals surface area contributed by atoms with Gasteiger partial charge in [0.2, 0.25) is 0 Å². The smallest absolute Gasteiger partial charge is 0.269 e. The quantitative estimate of drug-likeness (QED) is 0.683. The van der Waals surface area contributed by atoms with Gasteiger partial charge in [-0.15, -0.1) is 0 Å². The summed E-state index contributed by atoms with van der Waals surface area (Å²) in [5.41, 5.74) is 0.416. The maximum absolute atomic E-state index is 10.6. The van der Waals surface area contributed by atoms with Crippen LogP contribution < -0.4 is 4.90 Å². The van der Waals surface area contributed by atoms with Gasteiger partial charge in [0.1, 0.15) is 0 Å². The molecular weight excluding hydrogens is 268 g/mol. The standard InChI is InChI=1S/C14H20N2O3.C2H6/c1-14(2,17)11-4-3-9-15(10-11)12-5-7-13(8-6-12)16(18)19;1-2/h5-8,11,17H,3-4,9-10H2,1-2H3;1-2H3. The summed E-state index contributed by atoms with van der Waals surface area (Å²) in [4.78, 5) is 12.4. The van der Waals surface area contributed by atoms with E-state index in [0.29, 0.717) is 0 Å². The van der Waals surface area contributed by atoms with Crippen LogP contribution in [0.5, 0.6) is 0 Å². The highest BCUT2D eigenvalue weighted by atomic mass is 16.6. The summed E-state index contributed by atoms with van der Waals surface area (Å²) in [6.07, 6.45) is 2.05. The second-order valence-corrected chi connectivity index (χ2v) is 5.71. The number of hydrogen-bond donors (Lipinski definition) is 1. The summed E-state index contributed by atoms with van der Waals surface area (Å²) in [7, 11) is 0. The lowest BCUT2D eigenvalue weighted by Gasteiger charge is -2.39. The van der Waals surface area contributed by atoms with Crippen LogP contribution in [0.25, 0.3) is 0 Å². The molecular formula is C16H26N2O3. The molecule has 1 unspecified atom stereocenters. The Balaban J connectivity index is 0.00000106. The second kappa shape index (κ2) is 7.41. The predicted octanol–water partition coefficient (Wildman–Crippen LogP) is 3.61. The van der Waals surface area contributed by atoms with Crippen LogP contribution in [0.2, 0.25) is 0 Å². The molecule has 0 saturated carbocycles. The summed E-state index contributed by atoms with van der Waals surface area (Å²) >= 11 is 0. The van der Waals surface area contributed by atoms with E-state index in [2.05, 4.69) is 4.90 Å². The minimum atomic E-state index is -0.681. The molecule has 0 spiro atoms. The van der Waals surface area contributed by atoms with Gasteiger partial charge >= 0.3 is 0 Å². The molecule has 2 rings (SSSR count). The van der Waals surface area contributed by atoms with Crippen molar-refractivity contribution < 1.29 is 10.0 Å². The highest BCUT2D eigenvalue weighted by Gasteiger charge is 2.31. The molecule has 0 bridgehead atoms. The third kappa shape index (κ3) is 4.70. The number of aliphatic hydroxyl groups is 1. The van der Waals surface area contributed by atoms with Crippen LogP contribution in [0.4, 0.5) is 11.4 Å². The lowest BCUT2D eigenvalue weighted by atomic mass is 9.84. The SMILES string of the molecule is CC.CC(C)(O)C1CCCN(c2ccc([N+](=O)[O-])cc2)C1. The van der Waals surface area contributed by atoms with E-state index in [1.807, 2.05) is 27.7 Å². The van der Waals surface area contributed by atoms with E-state index in [9.17, 15) is 15.2 Å². The van der Waals surface area contributed by atoms with Crippen LogP contribution in [0.15, 0.2) is 24.3 Å². The number of benzene rings is 1. The van der Waals surface area contributed by atoms with Gasteiger partial charge in [-0.25, -0.2) is 0 Å². The Bertz CT molecular complexity index is 452. The van der Waals surface area contributed by atoms with Crippen molar-refractivity contribution in [2.45, 2.75) is 46.1 Å². The fourth-order valence-electron chi connectivity index (χ4n) is 2.57. The molecule has 0 radical (unpaired) electrons. The predicted molar refractivity (Wildman–Crippen MR) is 85.7 cm³/mol. The van der Waals surface area contributed by atoms with Gasteiger partial charge in [-0.3, -0.25) is 10.1 Å². The average molecular weight is 294 g/mol. The van der Waals surface area contributed by atoms with E-state index < -0.39 is 5.60 Å². The van der Waals surface area contributed by atoms with Gasteiger partial charge in [0.15, 0.2) is 0 Å². The fourth-order valence-corrected chi connectivity index (χ4v) is 2.57. The van der Waals surface area contributed by atoms with Gasteiger partial charge in [-0.2, -0.15) is 0 Å². The summed E-state index contributed by atoms with van der Waals surface area (Å²) in [6, 6.07) is 6.63. The van der Waals surface area contributed by atoms with Crippen LogP contribution >= 0.6 is 0 Å². The van der Waals surface area contributed by atoms with Crippen molar-refractivity contribution in [1.82, 2.24) is 0 Å². The third-order valence-electron chi connectivity index (χ3n) is 3.85. The highest BCUT2D eigenvalue weighted by Crippen LogP contribution is 2.30. The van der Waals surface area contributed by atoms with Crippen LogP contribution in [-0.4, -0.2) is 28.7 Å². The Morgan fingerprint density at radius 3 is 2.33 bits per heavy atom. The maximum atomic E-state index is 10.6. The van der Waals surface area contributed by atoms with Crippen LogP contribution in [0, 0.1) is 16.0 Å². The summed E-state index contributed by atoms with van der Waals surface area (Å²) in [5, 5.41) is 20.7. The van der Waals surface area contributed by atoms with Crippen molar-refractivity contribution in [3.05, 3.63) is 34.4 Å². The number of non-ortho nitro benzene ring substituents is 1. The molecule has 1 atom stereocenters. The number of piperidine rings is 1. The first-order chi connectivity index (χ1) is 9.88. The van der Waals surface area contributed by atoms with Crippen molar-refractivity contribution in [3.63, 3.8) is 0 Å². The molecule has 1 aliphatic rings. The van der Waals surface area contributed by atoms with E-state index in [-0.39, 0.29) is 16.5 Å². The van der Waals surface area contributed by atoms with E-state index in [0.717, 1.165) is 31.6 Å². The number of hydrogen-bond acceptors (Lipinski definition) is 4. The van der Waals surface area contributed by atoms with Crippen LogP contribution in [0.1, 0.15) is 40.5 Å². The van der Waals surface area contributed by atoms with E-state index in [4.69, 9.17) is 0 Å². The van der Waals surface area contributed by atoms with Crippen LogP contribution in [-0.2, 0) is 0 Å². The molecule has 1 heterocycles. The average Bonchev–Trinajstić information content (AvgIpc) is 2.49.